The van der Waals surface area contributed by atoms with Gasteiger partial charge in [0, 0.05) is 10.6 Å². The molecular formula is C20H23ClN2O3. The second-order valence-electron chi connectivity index (χ2n) is 6.50. The van der Waals surface area contributed by atoms with Gasteiger partial charge in [-0.05, 0) is 56.9 Å². The molecule has 0 unspecified atom stereocenters. The third kappa shape index (κ3) is 4.33. The van der Waals surface area contributed by atoms with Gasteiger partial charge >= 0.3 is 5.97 Å². The first-order valence-corrected chi connectivity index (χ1v) is 9.40. The van der Waals surface area contributed by atoms with E-state index < -0.39 is 5.97 Å². The maximum Gasteiger partial charge on any atom is 0.345 e. The minimum Gasteiger partial charge on any atom is -0.477 e. The predicted molar refractivity (Wildman–Crippen MR) is 101 cm³/mol. The van der Waals surface area contributed by atoms with Crippen LogP contribution in [0.2, 0.25) is 5.02 Å². The lowest BCUT2D eigenvalue weighted by molar-refractivity contribution is 0.0518. The third-order valence-corrected chi connectivity index (χ3v) is 4.82. The average molecular weight is 375 g/mol. The van der Waals surface area contributed by atoms with E-state index in [0.29, 0.717) is 47.1 Å². The Morgan fingerprint density at radius 3 is 2.54 bits per heavy atom. The summed E-state index contributed by atoms with van der Waals surface area (Å²) in [6.45, 7) is 4.40. The summed E-state index contributed by atoms with van der Waals surface area (Å²) >= 11 is 5.96. The number of hydrogen-bond donors (Lipinski definition) is 0. The molecular weight excluding hydrogens is 352 g/mol. The molecule has 26 heavy (non-hydrogen) atoms. The van der Waals surface area contributed by atoms with E-state index in [1.165, 1.54) is 12.8 Å². The highest BCUT2D eigenvalue weighted by Crippen LogP contribution is 2.29. The van der Waals surface area contributed by atoms with Crippen LogP contribution >= 0.6 is 11.6 Å². The Bertz CT molecular complexity index is 771. The van der Waals surface area contributed by atoms with Crippen molar-refractivity contribution in [2.75, 3.05) is 13.2 Å². The Hall–Kier alpha value is -2.14. The van der Waals surface area contributed by atoms with Gasteiger partial charge in [0.15, 0.2) is 5.82 Å². The second kappa shape index (κ2) is 8.49. The zero-order valence-corrected chi connectivity index (χ0v) is 15.9. The molecule has 0 bridgehead atoms. The number of nitrogens with zero attached hydrogens (tertiary/aromatic N) is 2. The summed E-state index contributed by atoms with van der Waals surface area (Å²) in [6, 6.07) is 7.27. The first-order valence-electron chi connectivity index (χ1n) is 9.03. The van der Waals surface area contributed by atoms with E-state index in [0.717, 1.165) is 18.4 Å². The van der Waals surface area contributed by atoms with Crippen molar-refractivity contribution in [3.63, 3.8) is 0 Å². The zero-order chi connectivity index (χ0) is 18.5. The molecule has 0 amide bonds. The van der Waals surface area contributed by atoms with E-state index in [4.69, 9.17) is 21.1 Å². The van der Waals surface area contributed by atoms with Crippen LogP contribution in [0.1, 0.15) is 48.7 Å². The molecule has 1 aliphatic carbocycles. The standard InChI is InChI=1S/C20H23ClN2O3/c1-3-25-20(24)17-13(2)22-18(15-8-10-16(21)11-9-15)23-19(17)26-12-14-6-4-5-7-14/h8-11,14H,3-7,12H2,1-2H3. The number of esters is 1. The quantitative estimate of drug-likeness (QED) is 0.676. The van der Waals surface area contributed by atoms with Gasteiger partial charge in [-0.25, -0.2) is 9.78 Å². The molecule has 0 aliphatic heterocycles. The second-order valence-corrected chi connectivity index (χ2v) is 6.94. The molecule has 0 atom stereocenters. The molecule has 1 fully saturated rings. The van der Waals surface area contributed by atoms with E-state index in [-0.39, 0.29) is 0 Å². The summed E-state index contributed by atoms with van der Waals surface area (Å²) < 4.78 is 11.1. The van der Waals surface area contributed by atoms with E-state index in [1.54, 1.807) is 26.0 Å². The summed E-state index contributed by atoms with van der Waals surface area (Å²) in [5, 5.41) is 0.645. The van der Waals surface area contributed by atoms with Crippen molar-refractivity contribution in [3.8, 4) is 17.3 Å². The minimum atomic E-state index is -0.450. The van der Waals surface area contributed by atoms with Crippen LogP contribution in [0.5, 0.6) is 5.88 Å². The van der Waals surface area contributed by atoms with Crippen molar-refractivity contribution in [3.05, 3.63) is 40.5 Å². The Morgan fingerprint density at radius 1 is 1.19 bits per heavy atom. The number of carbonyl (C=O) groups is 1. The monoisotopic (exact) mass is 374 g/mol. The molecule has 0 N–H and O–H groups in total. The van der Waals surface area contributed by atoms with Gasteiger partial charge < -0.3 is 9.47 Å². The van der Waals surface area contributed by atoms with Gasteiger partial charge in [0.1, 0.15) is 5.56 Å². The van der Waals surface area contributed by atoms with Crippen LogP contribution in [0.15, 0.2) is 24.3 Å². The molecule has 0 saturated heterocycles. The van der Waals surface area contributed by atoms with E-state index in [2.05, 4.69) is 9.97 Å². The molecule has 1 saturated carbocycles. The molecule has 1 heterocycles. The molecule has 1 aliphatic rings. The largest absolute Gasteiger partial charge is 0.477 e. The molecule has 6 heteroatoms. The number of benzene rings is 1. The minimum absolute atomic E-state index is 0.291. The Morgan fingerprint density at radius 2 is 1.88 bits per heavy atom. The van der Waals surface area contributed by atoms with E-state index in [9.17, 15) is 4.79 Å². The number of aromatic nitrogens is 2. The molecule has 5 nitrogen and oxygen atoms in total. The SMILES string of the molecule is CCOC(=O)c1c(C)nc(-c2ccc(Cl)cc2)nc1OCC1CCCC1. The van der Waals surface area contributed by atoms with Crippen LogP contribution < -0.4 is 4.74 Å². The fourth-order valence-corrected chi connectivity index (χ4v) is 3.32. The normalized spacial score (nSPS) is 14.4. The van der Waals surface area contributed by atoms with E-state index >= 15 is 0 Å². The number of ether oxygens (including phenoxy) is 2. The summed E-state index contributed by atoms with van der Waals surface area (Å²) in [5.41, 5.74) is 1.67. The number of carbonyl (C=O) groups excluding carboxylic acids is 1. The van der Waals surface area contributed by atoms with Crippen LogP contribution in [0.25, 0.3) is 11.4 Å². The fraction of sp³-hybridized carbons (Fsp3) is 0.450. The summed E-state index contributed by atoms with van der Waals surface area (Å²) in [4.78, 5) is 21.4. The molecule has 2 aromatic rings. The maximum absolute atomic E-state index is 12.4. The topological polar surface area (TPSA) is 61.3 Å². The maximum atomic E-state index is 12.4. The van der Waals surface area contributed by atoms with Crippen molar-refractivity contribution in [2.24, 2.45) is 5.92 Å². The van der Waals surface area contributed by atoms with Gasteiger partial charge in [-0.1, -0.05) is 24.4 Å². The van der Waals surface area contributed by atoms with Crippen molar-refractivity contribution in [1.82, 2.24) is 9.97 Å². The summed E-state index contributed by atoms with van der Waals surface area (Å²) in [6.07, 6.45) is 4.78. The Labute approximate surface area is 158 Å². The van der Waals surface area contributed by atoms with Crippen LogP contribution in [-0.2, 0) is 4.74 Å². The fourth-order valence-electron chi connectivity index (χ4n) is 3.19. The Balaban J connectivity index is 1.94. The smallest absolute Gasteiger partial charge is 0.345 e. The van der Waals surface area contributed by atoms with Crippen LogP contribution in [0, 0.1) is 12.8 Å². The van der Waals surface area contributed by atoms with Crippen LogP contribution in [0.4, 0.5) is 0 Å². The first-order chi connectivity index (χ1) is 12.6. The van der Waals surface area contributed by atoms with Gasteiger partial charge in [-0.15, -0.1) is 0 Å². The van der Waals surface area contributed by atoms with Gasteiger partial charge in [0.05, 0.1) is 18.9 Å². The van der Waals surface area contributed by atoms with Gasteiger partial charge in [0.25, 0.3) is 0 Å². The van der Waals surface area contributed by atoms with Crippen molar-refractivity contribution in [1.29, 1.82) is 0 Å². The molecule has 0 radical (unpaired) electrons. The van der Waals surface area contributed by atoms with Crippen molar-refractivity contribution in [2.45, 2.75) is 39.5 Å². The molecule has 1 aromatic carbocycles. The summed E-state index contributed by atoms with van der Waals surface area (Å²) in [5.74, 6) is 0.870. The first kappa shape index (κ1) is 18.6. The highest BCUT2D eigenvalue weighted by molar-refractivity contribution is 6.30. The third-order valence-electron chi connectivity index (χ3n) is 4.57. The lowest BCUT2D eigenvalue weighted by Crippen LogP contribution is -2.16. The molecule has 0 spiro atoms. The van der Waals surface area contributed by atoms with Gasteiger partial charge in [0.2, 0.25) is 5.88 Å². The average Bonchev–Trinajstić information content (AvgIpc) is 3.13. The lowest BCUT2D eigenvalue weighted by Gasteiger charge is -2.15. The number of rotatable bonds is 6. The van der Waals surface area contributed by atoms with Gasteiger partial charge in [-0.2, -0.15) is 4.98 Å². The number of halogens is 1. The van der Waals surface area contributed by atoms with Crippen molar-refractivity contribution >= 4 is 17.6 Å². The predicted octanol–water partition coefficient (Wildman–Crippen LogP) is 4.85. The molecule has 1 aromatic heterocycles. The zero-order valence-electron chi connectivity index (χ0n) is 15.1. The lowest BCUT2D eigenvalue weighted by atomic mass is 10.1. The molecule has 3 rings (SSSR count). The Kier molecular flexibility index (Phi) is 6.09. The highest BCUT2D eigenvalue weighted by Gasteiger charge is 2.23. The number of hydrogen-bond acceptors (Lipinski definition) is 5. The summed E-state index contributed by atoms with van der Waals surface area (Å²) in [7, 11) is 0. The highest BCUT2D eigenvalue weighted by atomic mass is 35.5. The van der Waals surface area contributed by atoms with Crippen LogP contribution in [0.3, 0.4) is 0 Å². The van der Waals surface area contributed by atoms with Gasteiger partial charge in [-0.3, -0.25) is 0 Å². The van der Waals surface area contributed by atoms with Crippen LogP contribution in [-0.4, -0.2) is 29.2 Å². The number of aryl methyl sites for hydroxylation is 1. The van der Waals surface area contributed by atoms with Crippen molar-refractivity contribution < 1.29 is 14.3 Å². The van der Waals surface area contributed by atoms with E-state index in [1.807, 2.05) is 12.1 Å². The molecule has 138 valence electrons.